The number of benzene rings is 1. The minimum Gasteiger partial charge on any atom is -0.342 e. The van der Waals surface area contributed by atoms with E-state index in [-0.39, 0.29) is 5.56 Å². The average Bonchev–Trinajstić information content (AvgIpc) is 2.36. The van der Waals surface area contributed by atoms with Crippen molar-refractivity contribution in [3.63, 3.8) is 0 Å². The van der Waals surface area contributed by atoms with Crippen LogP contribution in [-0.2, 0) is 0 Å². The second kappa shape index (κ2) is 7.06. The van der Waals surface area contributed by atoms with Gasteiger partial charge in [0.15, 0.2) is 0 Å². The summed E-state index contributed by atoms with van der Waals surface area (Å²) < 4.78 is 26.4. The Labute approximate surface area is 106 Å². The molecule has 0 aliphatic carbocycles. The Balaban J connectivity index is 2.60. The Hall–Kier alpha value is -1.49. The molecule has 1 rings (SSSR count). The minimum absolute atomic E-state index is 0.226. The first kappa shape index (κ1) is 14.6. The van der Waals surface area contributed by atoms with Crippen molar-refractivity contribution < 1.29 is 13.6 Å². The normalized spacial score (nSPS) is 10.4. The molecule has 100 valence electrons. The molecule has 1 aromatic carbocycles. The number of amides is 1. The van der Waals surface area contributed by atoms with Gasteiger partial charge in [-0.05, 0) is 37.6 Å². The lowest BCUT2D eigenvalue weighted by atomic mass is 10.1. The van der Waals surface area contributed by atoms with Gasteiger partial charge in [0, 0.05) is 13.6 Å². The fraction of sp³-hybridized carbons (Fsp3) is 0.462. The van der Waals surface area contributed by atoms with E-state index in [1.54, 1.807) is 7.05 Å². The number of carbonyl (C=O) groups is 1. The molecule has 0 saturated carbocycles. The number of carbonyl (C=O) groups excluding carboxylic acids is 1. The molecule has 0 bridgehead atoms. The highest BCUT2D eigenvalue weighted by Crippen LogP contribution is 2.12. The van der Waals surface area contributed by atoms with Crippen molar-refractivity contribution in [2.45, 2.75) is 19.3 Å². The number of hydrogen-bond donors (Lipinski definition) is 1. The van der Waals surface area contributed by atoms with E-state index < -0.39 is 17.5 Å². The molecule has 0 aromatic heterocycles. The third-order valence-electron chi connectivity index (χ3n) is 2.70. The Morgan fingerprint density at radius 1 is 1.28 bits per heavy atom. The van der Waals surface area contributed by atoms with E-state index in [4.69, 9.17) is 5.73 Å². The van der Waals surface area contributed by atoms with Crippen molar-refractivity contribution in [2.24, 2.45) is 5.73 Å². The van der Waals surface area contributed by atoms with Crippen LogP contribution >= 0.6 is 0 Å². The maximum absolute atomic E-state index is 13.4. The van der Waals surface area contributed by atoms with E-state index >= 15 is 0 Å². The average molecular weight is 256 g/mol. The fourth-order valence-electron chi connectivity index (χ4n) is 1.64. The van der Waals surface area contributed by atoms with E-state index in [0.29, 0.717) is 13.1 Å². The first-order valence-corrected chi connectivity index (χ1v) is 5.97. The first-order valence-electron chi connectivity index (χ1n) is 5.97. The molecule has 0 radical (unpaired) electrons. The van der Waals surface area contributed by atoms with Crippen LogP contribution in [0.2, 0.25) is 0 Å². The van der Waals surface area contributed by atoms with E-state index in [1.807, 2.05) is 0 Å². The van der Waals surface area contributed by atoms with Crippen LogP contribution in [0.3, 0.4) is 0 Å². The second-order valence-corrected chi connectivity index (χ2v) is 4.20. The van der Waals surface area contributed by atoms with Crippen LogP contribution in [0.15, 0.2) is 18.2 Å². The van der Waals surface area contributed by atoms with Crippen molar-refractivity contribution in [2.75, 3.05) is 20.1 Å². The van der Waals surface area contributed by atoms with E-state index in [1.165, 1.54) is 4.90 Å². The smallest absolute Gasteiger partial charge is 0.256 e. The van der Waals surface area contributed by atoms with Gasteiger partial charge in [0.25, 0.3) is 5.91 Å². The Bertz CT molecular complexity index is 410. The SMILES string of the molecule is CN(CCCCCN)C(=O)c1cc(F)ccc1F. The molecule has 3 nitrogen and oxygen atoms in total. The lowest BCUT2D eigenvalue weighted by molar-refractivity contribution is 0.0787. The molecule has 1 aromatic rings. The molecule has 0 unspecified atom stereocenters. The van der Waals surface area contributed by atoms with Crippen LogP contribution in [0.5, 0.6) is 0 Å². The molecule has 18 heavy (non-hydrogen) atoms. The third-order valence-corrected chi connectivity index (χ3v) is 2.70. The molecule has 0 fully saturated rings. The lowest BCUT2D eigenvalue weighted by Crippen LogP contribution is -2.28. The molecule has 0 heterocycles. The van der Waals surface area contributed by atoms with Crippen molar-refractivity contribution in [3.05, 3.63) is 35.4 Å². The predicted molar refractivity (Wildman–Crippen MR) is 66.2 cm³/mol. The molecular formula is C13H18F2N2O. The summed E-state index contributed by atoms with van der Waals surface area (Å²) in [7, 11) is 1.58. The summed E-state index contributed by atoms with van der Waals surface area (Å²) in [5.74, 6) is -1.81. The quantitative estimate of drug-likeness (QED) is 0.793. The highest BCUT2D eigenvalue weighted by Gasteiger charge is 2.16. The van der Waals surface area contributed by atoms with Crippen LogP contribution in [0, 0.1) is 11.6 Å². The van der Waals surface area contributed by atoms with Crippen LogP contribution in [0.25, 0.3) is 0 Å². The Morgan fingerprint density at radius 3 is 2.67 bits per heavy atom. The van der Waals surface area contributed by atoms with Gasteiger partial charge in [-0.15, -0.1) is 0 Å². The zero-order valence-electron chi connectivity index (χ0n) is 10.5. The van der Waals surface area contributed by atoms with Gasteiger partial charge in [0.1, 0.15) is 11.6 Å². The van der Waals surface area contributed by atoms with Crippen LogP contribution < -0.4 is 5.73 Å². The zero-order valence-corrected chi connectivity index (χ0v) is 10.5. The topological polar surface area (TPSA) is 46.3 Å². The molecule has 0 atom stereocenters. The van der Waals surface area contributed by atoms with Crippen molar-refractivity contribution >= 4 is 5.91 Å². The molecule has 1 amide bonds. The molecular weight excluding hydrogens is 238 g/mol. The Morgan fingerprint density at radius 2 is 2.00 bits per heavy atom. The van der Waals surface area contributed by atoms with Crippen molar-refractivity contribution in [3.8, 4) is 0 Å². The standard InChI is InChI=1S/C13H18F2N2O/c1-17(8-4-2-3-7-16)13(18)11-9-10(14)5-6-12(11)15/h5-6,9H,2-4,7-8,16H2,1H3. The number of rotatable bonds is 6. The third kappa shape index (κ3) is 4.07. The van der Waals surface area contributed by atoms with Crippen molar-refractivity contribution in [1.29, 1.82) is 0 Å². The van der Waals surface area contributed by atoms with Crippen LogP contribution in [-0.4, -0.2) is 30.9 Å². The van der Waals surface area contributed by atoms with Gasteiger partial charge in [0.2, 0.25) is 0 Å². The number of hydrogen-bond acceptors (Lipinski definition) is 2. The molecule has 5 heteroatoms. The first-order chi connectivity index (χ1) is 8.56. The summed E-state index contributed by atoms with van der Waals surface area (Å²) in [6.07, 6.45) is 2.62. The van der Waals surface area contributed by atoms with E-state index in [9.17, 15) is 13.6 Å². The summed E-state index contributed by atoms with van der Waals surface area (Å²) in [5, 5.41) is 0. The zero-order chi connectivity index (χ0) is 13.5. The number of halogens is 2. The summed E-state index contributed by atoms with van der Waals surface area (Å²) in [6.45, 7) is 1.13. The molecule has 0 aliphatic heterocycles. The second-order valence-electron chi connectivity index (χ2n) is 4.20. The van der Waals surface area contributed by atoms with E-state index in [2.05, 4.69) is 0 Å². The monoisotopic (exact) mass is 256 g/mol. The number of nitrogens with zero attached hydrogens (tertiary/aromatic N) is 1. The van der Waals surface area contributed by atoms with Gasteiger partial charge in [0.05, 0.1) is 5.56 Å². The van der Waals surface area contributed by atoms with Gasteiger partial charge in [-0.25, -0.2) is 8.78 Å². The summed E-state index contributed by atoms with van der Waals surface area (Å²) in [6, 6.07) is 2.88. The highest BCUT2D eigenvalue weighted by atomic mass is 19.1. The van der Waals surface area contributed by atoms with Crippen LogP contribution in [0.4, 0.5) is 8.78 Å². The number of nitrogens with two attached hydrogens (primary N) is 1. The van der Waals surface area contributed by atoms with Gasteiger partial charge in [-0.3, -0.25) is 4.79 Å². The fourth-order valence-corrected chi connectivity index (χ4v) is 1.64. The highest BCUT2D eigenvalue weighted by molar-refractivity contribution is 5.94. The number of unbranched alkanes of at least 4 members (excludes halogenated alkanes) is 2. The summed E-state index contributed by atoms with van der Waals surface area (Å²) in [5.41, 5.74) is 5.14. The Kier molecular flexibility index (Phi) is 5.71. The maximum atomic E-state index is 13.4. The molecule has 0 spiro atoms. The molecule has 0 saturated heterocycles. The van der Waals surface area contributed by atoms with Gasteiger partial charge < -0.3 is 10.6 Å². The summed E-state index contributed by atoms with van der Waals surface area (Å²) in [4.78, 5) is 13.3. The van der Waals surface area contributed by atoms with Gasteiger partial charge in [-0.1, -0.05) is 6.42 Å². The van der Waals surface area contributed by atoms with Gasteiger partial charge in [-0.2, -0.15) is 0 Å². The largest absolute Gasteiger partial charge is 0.342 e. The summed E-state index contributed by atoms with van der Waals surface area (Å²) >= 11 is 0. The lowest BCUT2D eigenvalue weighted by Gasteiger charge is -2.17. The molecule has 0 aliphatic rings. The minimum atomic E-state index is -0.699. The maximum Gasteiger partial charge on any atom is 0.256 e. The predicted octanol–water partition coefficient (Wildman–Crippen LogP) is 2.17. The van der Waals surface area contributed by atoms with Crippen LogP contribution in [0.1, 0.15) is 29.6 Å². The molecule has 2 N–H and O–H groups in total. The van der Waals surface area contributed by atoms with E-state index in [0.717, 1.165) is 37.5 Å². The van der Waals surface area contributed by atoms with Crippen molar-refractivity contribution in [1.82, 2.24) is 4.90 Å². The van der Waals surface area contributed by atoms with Gasteiger partial charge >= 0.3 is 0 Å².